The first kappa shape index (κ1) is 17.5. The van der Waals surface area contributed by atoms with Gasteiger partial charge < -0.3 is 15.2 Å². The van der Waals surface area contributed by atoms with Crippen molar-refractivity contribution in [2.45, 2.75) is 19.4 Å². The van der Waals surface area contributed by atoms with Gasteiger partial charge in [-0.2, -0.15) is 0 Å². The molecule has 0 saturated heterocycles. The Hall–Kier alpha value is -2.81. The highest BCUT2D eigenvalue weighted by Gasteiger charge is 2.23. The van der Waals surface area contributed by atoms with Gasteiger partial charge in [0.25, 0.3) is 5.91 Å². The average Bonchev–Trinajstić information content (AvgIpc) is 2.93. The van der Waals surface area contributed by atoms with E-state index in [2.05, 4.69) is 15.4 Å². The van der Waals surface area contributed by atoms with Crippen LogP contribution >= 0.6 is 0 Å². The number of carbonyl (C=O) groups excluding carboxylic acids is 1. The van der Waals surface area contributed by atoms with E-state index in [1.807, 2.05) is 0 Å². The van der Waals surface area contributed by atoms with E-state index in [-0.39, 0.29) is 18.9 Å². The second-order valence-electron chi connectivity index (χ2n) is 5.02. The zero-order chi connectivity index (χ0) is 17.7. The molecule has 2 rings (SSSR count). The summed E-state index contributed by atoms with van der Waals surface area (Å²) in [5, 5.41) is 15.5. The van der Waals surface area contributed by atoms with Crippen molar-refractivity contribution < 1.29 is 23.8 Å². The fourth-order valence-corrected chi connectivity index (χ4v) is 2.03. The highest BCUT2D eigenvalue weighted by molar-refractivity contribution is 5.93. The van der Waals surface area contributed by atoms with Crippen molar-refractivity contribution in [3.05, 3.63) is 41.7 Å². The number of rotatable bonds is 7. The van der Waals surface area contributed by atoms with E-state index in [0.29, 0.717) is 11.5 Å². The molecule has 0 saturated carbocycles. The van der Waals surface area contributed by atoms with E-state index >= 15 is 0 Å². The van der Waals surface area contributed by atoms with Crippen LogP contribution in [0, 0.1) is 12.7 Å². The number of hydrogen-bond acceptors (Lipinski definition) is 5. The zero-order valence-electron chi connectivity index (χ0n) is 13.2. The van der Waals surface area contributed by atoms with E-state index in [4.69, 9.17) is 9.84 Å². The summed E-state index contributed by atoms with van der Waals surface area (Å²) in [6.45, 7) is 1.82. The van der Waals surface area contributed by atoms with Crippen LogP contribution in [0.25, 0.3) is 5.69 Å². The van der Waals surface area contributed by atoms with E-state index in [1.165, 1.54) is 36.1 Å². The van der Waals surface area contributed by atoms with Gasteiger partial charge in [0.2, 0.25) is 5.82 Å². The first-order valence-electron chi connectivity index (χ1n) is 7.14. The number of hydrogen-bond donors (Lipinski definition) is 2. The predicted octanol–water partition coefficient (Wildman–Crippen LogP) is 0.934. The van der Waals surface area contributed by atoms with Crippen LogP contribution in [0.4, 0.5) is 4.39 Å². The van der Waals surface area contributed by atoms with Crippen molar-refractivity contribution in [3.8, 4) is 5.69 Å². The molecule has 9 heteroatoms. The van der Waals surface area contributed by atoms with Crippen LogP contribution < -0.4 is 5.32 Å². The first-order valence-corrected chi connectivity index (χ1v) is 7.14. The fraction of sp³-hybridized carbons (Fsp3) is 0.333. The predicted molar refractivity (Wildman–Crippen MR) is 81.4 cm³/mol. The molecule has 24 heavy (non-hydrogen) atoms. The van der Waals surface area contributed by atoms with Crippen LogP contribution in [0.5, 0.6) is 0 Å². The third-order valence-corrected chi connectivity index (χ3v) is 3.26. The van der Waals surface area contributed by atoms with Gasteiger partial charge in [0.05, 0.1) is 5.69 Å². The van der Waals surface area contributed by atoms with Crippen molar-refractivity contribution in [2.75, 3.05) is 13.7 Å². The SMILES string of the molecule is COCCC(NC(=O)c1nc(C)n(-c2ccc(F)cc2)n1)C(=O)O. The summed E-state index contributed by atoms with van der Waals surface area (Å²) in [5.74, 6) is -2.02. The van der Waals surface area contributed by atoms with E-state index in [1.54, 1.807) is 6.92 Å². The number of benzene rings is 1. The summed E-state index contributed by atoms with van der Waals surface area (Å²) in [6.07, 6.45) is 0.120. The van der Waals surface area contributed by atoms with Gasteiger partial charge >= 0.3 is 5.97 Å². The summed E-state index contributed by atoms with van der Waals surface area (Å²) >= 11 is 0. The van der Waals surface area contributed by atoms with Crippen molar-refractivity contribution in [1.82, 2.24) is 20.1 Å². The number of amides is 1. The smallest absolute Gasteiger partial charge is 0.326 e. The molecule has 0 bridgehead atoms. The molecule has 0 aliphatic heterocycles. The lowest BCUT2D eigenvalue weighted by molar-refractivity contribution is -0.139. The third kappa shape index (κ3) is 4.13. The molecule has 8 nitrogen and oxygen atoms in total. The molecule has 0 fully saturated rings. The maximum absolute atomic E-state index is 13.0. The molecule has 1 aromatic heterocycles. The minimum atomic E-state index is -1.17. The summed E-state index contributed by atoms with van der Waals surface area (Å²) in [4.78, 5) is 27.3. The number of aromatic nitrogens is 3. The fourth-order valence-electron chi connectivity index (χ4n) is 2.03. The number of nitrogens with one attached hydrogen (secondary N) is 1. The Morgan fingerprint density at radius 3 is 2.62 bits per heavy atom. The quantitative estimate of drug-likeness (QED) is 0.779. The average molecular weight is 336 g/mol. The van der Waals surface area contributed by atoms with Crippen LogP contribution in [-0.2, 0) is 9.53 Å². The molecule has 1 amide bonds. The summed E-state index contributed by atoms with van der Waals surface area (Å²) in [6, 6.07) is 4.42. The van der Waals surface area contributed by atoms with Crippen LogP contribution in [0.1, 0.15) is 22.9 Å². The van der Waals surface area contributed by atoms with Gasteiger partial charge in [0, 0.05) is 20.1 Å². The molecule has 0 spiro atoms. The van der Waals surface area contributed by atoms with E-state index < -0.39 is 23.7 Å². The monoisotopic (exact) mass is 336 g/mol. The summed E-state index contributed by atoms with van der Waals surface area (Å²) < 4.78 is 19.2. The normalized spacial score (nSPS) is 12.0. The number of nitrogens with zero attached hydrogens (tertiary/aromatic N) is 3. The van der Waals surface area contributed by atoms with Crippen LogP contribution in [-0.4, -0.2) is 51.5 Å². The van der Waals surface area contributed by atoms with Gasteiger partial charge in [0.1, 0.15) is 17.7 Å². The number of ether oxygens (including phenoxy) is 1. The Balaban J connectivity index is 2.17. The van der Waals surface area contributed by atoms with E-state index in [9.17, 15) is 14.0 Å². The maximum Gasteiger partial charge on any atom is 0.326 e. The van der Waals surface area contributed by atoms with Crippen molar-refractivity contribution in [3.63, 3.8) is 0 Å². The molecule has 0 radical (unpaired) electrons. The Kier molecular flexibility index (Phi) is 5.59. The largest absolute Gasteiger partial charge is 0.480 e. The van der Waals surface area contributed by atoms with Gasteiger partial charge in [0.15, 0.2) is 0 Å². The number of aliphatic carboxylic acids is 1. The third-order valence-electron chi connectivity index (χ3n) is 3.26. The van der Waals surface area contributed by atoms with Crippen LogP contribution in [0.3, 0.4) is 0 Å². The lowest BCUT2D eigenvalue weighted by Crippen LogP contribution is -2.42. The second kappa shape index (κ2) is 7.64. The second-order valence-corrected chi connectivity index (χ2v) is 5.02. The number of methoxy groups -OCH3 is 1. The van der Waals surface area contributed by atoms with Crippen molar-refractivity contribution in [2.24, 2.45) is 0 Å². The van der Waals surface area contributed by atoms with Gasteiger partial charge in [-0.05, 0) is 31.2 Å². The van der Waals surface area contributed by atoms with Gasteiger partial charge in [-0.1, -0.05) is 0 Å². The zero-order valence-corrected chi connectivity index (χ0v) is 13.2. The lowest BCUT2D eigenvalue weighted by Gasteiger charge is -2.12. The number of halogens is 1. The summed E-state index contributed by atoms with van der Waals surface area (Å²) in [7, 11) is 1.44. The molecule has 0 aliphatic carbocycles. The highest BCUT2D eigenvalue weighted by atomic mass is 19.1. The number of aryl methyl sites for hydroxylation is 1. The summed E-state index contributed by atoms with van der Waals surface area (Å²) in [5.41, 5.74) is 0.537. The molecular formula is C15H17FN4O4. The standard InChI is InChI=1S/C15H17FN4O4/c1-9-17-13(14(21)18-12(15(22)23)7-8-24-2)19-20(9)11-5-3-10(16)4-6-11/h3-6,12H,7-8H2,1-2H3,(H,18,21)(H,22,23). The number of carbonyl (C=O) groups is 2. The molecule has 1 atom stereocenters. The minimum Gasteiger partial charge on any atom is -0.480 e. The molecule has 1 aromatic carbocycles. The molecule has 2 N–H and O–H groups in total. The number of carboxylic acid groups (broad SMARTS) is 1. The molecule has 1 heterocycles. The van der Waals surface area contributed by atoms with Gasteiger partial charge in [-0.15, -0.1) is 5.10 Å². The van der Waals surface area contributed by atoms with Crippen LogP contribution in [0.2, 0.25) is 0 Å². The number of carboxylic acids is 1. The van der Waals surface area contributed by atoms with E-state index in [0.717, 1.165) is 0 Å². The Labute approximate surface area is 137 Å². The highest BCUT2D eigenvalue weighted by Crippen LogP contribution is 2.10. The van der Waals surface area contributed by atoms with Crippen molar-refractivity contribution >= 4 is 11.9 Å². The lowest BCUT2D eigenvalue weighted by atomic mass is 10.2. The molecular weight excluding hydrogens is 319 g/mol. The molecule has 1 unspecified atom stereocenters. The molecule has 2 aromatic rings. The Morgan fingerprint density at radius 1 is 1.38 bits per heavy atom. The maximum atomic E-state index is 13.0. The topological polar surface area (TPSA) is 106 Å². The Morgan fingerprint density at radius 2 is 2.04 bits per heavy atom. The minimum absolute atomic E-state index is 0.120. The Bertz CT molecular complexity index is 730. The van der Waals surface area contributed by atoms with Crippen molar-refractivity contribution in [1.29, 1.82) is 0 Å². The first-order chi connectivity index (χ1) is 11.4. The molecule has 0 aliphatic rings. The van der Waals surface area contributed by atoms with Crippen LogP contribution in [0.15, 0.2) is 24.3 Å². The van der Waals surface area contributed by atoms with Gasteiger partial charge in [-0.3, -0.25) is 4.79 Å². The van der Waals surface area contributed by atoms with Gasteiger partial charge in [-0.25, -0.2) is 18.9 Å². The molecule has 128 valence electrons.